The first-order valence-corrected chi connectivity index (χ1v) is 9.72. The predicted molar refractivity (Wildman–Crippen MR) is 105 cm³/mol. The minimum absolute atomic E-state index is 0.000703. The highest BCUT2D eigenvalue weighted by Gasteiger charge is 2.25. The van der Waals surface area contributed by atoms with E-state index in [1.54, 1.807) is 12.0 Å². The van der Waals surface area contributed by atoms with Gasteiger partial charge in [-0.1, -0.05) is 41.7 Å². The second kappa shape index (κ2) is 9.20. The van der Waals surface area contributed by atoms with Crippen molar-refractivity contribution < 1.29 is 14.3 Å². The molecule has 2 rings (SSSR count). The maximum Gasteiger partial charge on any atom is 0.238 e. The molecule has 0 bridgehead atoms. The van der Waals surface area contributed by atoms with Gasteiger partial charge in [0.1, 0.15) is 10.1 Å². The number of amides is 2. The van der Waals surface area contributed by atoms with Gasteiger partial charge in [-0.3, -0.25) is 14.5 Å². The van der Waals surface area contributed by atoms with Gasteiger partial charge in [-0.2, -0.15) is 0 Å². The molecule has 0 aliphatic carbocycles. The van der Waals surface area contributed by atoms with Crippen LogP contribution in [0.2, 0.25) is 0 Å². The number of benzene rings is 1. The van der Waals surface area contributed by atoms with Gasteiger partial charge in [0.25, 0.3) is 0 Å². The average molecular weight is 381 g/mol. The van der Waals surface area contributed by atoms with E-state index < -0.39 is 0 Å². The number of unbranched alkanes of at least 4 members (excludes halogenated alkanes) is 1. The van der Waals surface area contributed by atoms with Crippen LogP contribution in [0.5, 0.6) is 5.75 Å². The van der Waals surface area contributed by atoms with Gasteiger partial charge in [-0.05, 0) is 32.8 Å². The highest BCUT2D eigenvalue weighted by Crippen LogP contribution is 2.26. The van der Waals surface area contributed by atoms with Gasteiger partial charge in [0, 0.05) is 18.5 Å². The number of aryl methyl sites for hydroxylation is 1. The van der Waals surface area contributed by atoms with E-state index in [0.717, 1.165) is 29.7 Å². The first-order chi connectivity index (χ1) is 11.9. The predicted octanol–water partition coefficient (Wildman–Crippen LogP) is 3.21. The molecule has 0 aromatic heterocycles. The molecule has 136 valence electrons. The molecule has 2 amide bonds. The number of nitrogens with zero attached hydrogens (tertiary/aromatic N) is 1. The van der Waals surface area contributed by atoms with Crippen LogP contribution in [-0.4, -0.2) is 40.4 Å². The lowest BCUT2D eigenvalue weighted by Crippen LogP contribution is -2.30. The number of carbonyl (C=O) groups is 2. The minimum atomic E-state index is -0.119. The van der Waals surface area contributed by atoms with E-state index in [0.29, 0.717) is 23.0 Å². The van der Waals surface area contributed by atoms with Crippen molar-refractivity contribution in [2.75, 3.05) is 19.4 Å². The van der Waals surface area contributed by atoms with Gasteiger partial charge in [0.15, 0.2) is 0 Å². The number of hydrogen-bond donors (Lipinski definition) is 1. The van der Waals surface area contributed by atoms with Gasteiger partial charge in [-0.15, -0.1) is 0 Å². The number of nitrogens with one attached hydrogen (secondary N) is 1. The van der Waals surface area contributed by atoms with E-state index >= 15 is 0 Å². The zero-order valence-corrected chi connectivity index (χ0v) is 16.5. The number of methoxy groups -OCH3 is 1. The Bertz CT molecular complexity index is 648. The van der Waals surface area contributed by atoms with Crippen LogP contribution < -0.4 is 10.1 Å². The molecule has 7 heteroatoms. The van der Waals surface area contributed by atoms with Crippen molar-refractivity contribution in [2.45, 2.75) is 39.2 Å². The molecular weight excluding hydrogens is 356 g/mol. The van der Waals surface area contributed by atoms with E-state index in [-0.39, 0.29) is 17.9 Å². The van der Waals surface area contributed by atoms with E-state index in [1.807, 2.05) is 32.0 Å². The summed E-state index contributed by atoms with van der Waals surface area (Å²) in [5.74, 6) is 1.28. The lowest BCUT2D eigenvalue weighted by atomic mass is 10.0. The number of thiocarbonyl (C=S) groups is 1. The van der Waals surface area contributed by atoms with Crippen LogP contribution in [0, 0.1) is 6.92 Å². The van der Waals surface area contributed by atoms with Crippen molar-refractivity contribution >= 4 is 40.1 Å². The quantitative estimate of drug-likeness (QED) is 0.554. The summed E-state index contributed by atoms with van der Waals surface area (Å²) < 4.78 is 6.02. The molecule has 5 nitrogen and oxygen atoms in total. The molecule has 1 saturated heterocycles. The van der Waals surface area contributed by atoms with Crippen LogP contribution in [0.3, 0.4) is 0 Å². The van der Waals surface area contributed by atoms with E-state index in [9.17, 15) is 9.59 Å². The molecule has 1 atom stereocenters. The van der Waals surface area contributed by atoms with Crippen molar-refractivity contribution in [1.82, 2.24) is 10.2 Å². The monoisotopic (exact) mass is 380 g/mol. The molecule has 0 saturated carbocycles. The van der Waals surface area contributed by atoms with Crippen molar-refractivity contribution in [1.29, 1.82) is 0 Å². The lowest BCUT2D eigenvalue weighted by Gasteiger charge is -2.18. The normalized spacial score (nSPS) is 15.4. The van der Waals surface area contributed by atoms with Crippen LogP contribution in [0.15, 0.2) is 18.2 Å². The topological polar surface area (TPSA) is 58.6 Å². The molecule has 1 N–H and O–H groups in total. The first kappa shape index (κ1) is 19.7. The SMILES string of the molecule is COc1ccc(C)cc1[C@H](C)NC(=O)CCCCN1C(=O)CSC1=S. The molecule has 0 spiro atoms. The van der Waals surface area contributed by atoms with Gasteiger partial charge in [0.05, 0.1) is 18.9 Å². The highest BCUT2D eigenvalue weighted by molar-refractivity contribution is 8.23. The summed E-state index contributed by atoms with van der Waals surface area (Å²) in [6.45, 7) is 4.56. The van der Waals surface area contributed by atoms with Crippen LogP contribution >= 0.6 is 24.0 Å². The Morgan fingerprint density at radius 2 is 2.20 bits per heavy atom. The Labute approximate surface area is 158 Å². The fourth-order valence-corrected chi connectivity index (χ4v) is 3.86. The average Bonchev–Trinajstić information content (AvgIpc) is 2.90. The fraction of sp³-hybridized carbons (Fsp3) is 0.500. The minimum Gasteiger partial charge on any atom is -0.496 e. The second-order valence-electron chi connectivity index (χ2n) is 6.09. The Morgan fingerprint density at radius 1 is 1.44 bits per heavy atom. The third kappa shape index (κ3) is 5.44. The Balaban J connectivity index is 1.77. The number of carbonyl (C=O) groups excluding carboxylic acids is 2. The standard InChI is InChI=1S/C18H24N2O3S2/c1-12-7-8-15(23-3)14(10-12)13(2)19-16(21)6-4-5-9-20-17(22)11-25-18(20)24/h7-8,10,13H,4-6,9,11H2,1-3H3,(H,19,21)/t13-/m0/s1. The van der Waals surface area contributed by atoms with Gasteiger partial charge < -0.3 is 10.1 Å². The largest absolute Gasteiger partial charge is 0.496 e. The Kier molecular flexibility index (Phi) is 7.25. The molecular formula is C18H24N2O3S2. The lowest BCUT2D eigenvalue weighted by molar-refractivity contribution is -0.124. The van der Waals surface area contributed by atoms with Gasteiger partial charge in [-0.25, -0.2) is 0 Å². The van der Waals surface area contributed by atoms with Crippen LogP contribution in [-0.2, 0) is 9.59 Å². The zero-order valence-electron chi connectivity index (χ0n) is 14.8. The van der Waals surface area contributed by atoms with E-state index in [4.69, 9.17) is 17.0 Å². The molecule has 1 heterocycles. The van der Waals surface area contributed by atoms with Crippen molar-refractivity contribution in [3.63, 3.8) is 0 Å². The summed E-state index contributed by atoms with van der Waals surface area (Å²) in [4.78, 5) is 25.4. The number of ether oxygens (including phenoxy) is 1. The first-order valence-electron chi connectivity index (χ1n) is 8.33. The van der Waals surface area contributed by atoms with Crippen molar-refractivity contribution in [3.05, 3.63) is 29.3 Å². The third-order valence-electron chi connectivity index (χ3n) is 4.11. The number of hydrogen-bond acceptors (Lipinski definition) is 5. The molecule has 1 aromatic carbocycles. The maximum absolute atomic E-state index is 12.2. The summed E-state index contributed by atoms with van der Waals surface area (Å²) in [7, 11) is 1.63. The highest BCUT2D eigenvalue weighted by atomic mass is 32.2. The molecule has 1 aliphatic rings. The van der Waals surface area contributed by atoms with E-state index in [2.05, 4.69) is 5.32 Å². The molecule has 25 heavy (non-hydrogen) atoms. The smallest absolute Gasteiger partial charge is 0.238 e. The summed E-state index contributed by atoms with van der Waals surface area (Å²) in [5.41, 5.74) is 2.10. The molecule has 1 aliphatic heterocycles. The number of thioether (sulfide) groups is 1. The van der Waals surface area contributed by atoms with Gasteiger partial charge >= 0.3 is 0 Å². The van der Waals surface area contributed by atoms with Crippen molar-refractivity contribution in [2.24, 2.45) is 0 Å². The third-order valence-corrected chi connectivity index (χ3v) is 5.54. The molecule has 1 aromatic rings. The molecule has 1 fully saturated rings. The number of rotatable bonds is 8. The van der Waals surface area contributed by atoms with Crippen LogP contribution in [0.25, 0.3) is 0 Å². The van der Waals surface area contributed by atoms with Crippen molar-refractivity contribution in [3.8, 4) is 5.75 Å². The molecule has 0 unspecified atom stereocenters. The zero-order chi connectivity index (χ0) is 18.4. The fourth-order valence-electron chi connectivity index (χ4n) is 2.74. The molecule has 0 radical (unpaired) electrons. The summed E-state index contributed by atoms with van der Waals surface area (Å²) in [6.07, 6.45) is 1.92. The Morgan fingerprint density at radius 3 is 2.84 bits per heavy atom. The summed E-state index contributed by atoms with van der Waals surface area (Å²) in [6, 6.07) is 5.81. The van der Waals surface area contributed by atoms with Crippen LogP contribution in [0.4, 0.5) is 0 Å². The second-order valence-corrected chi connectivity index (χ2v) is 7.70. The van der Waals surface area contributed by atoms with Crippen LogP contribution in [0.1, 0.15) is 43.4 Å². The summed E-state index contributed by atoms with van der Waals surface area (Å²) in [5, 5.41) is 3.01. The van der Waals surface area contributed by atoms with E-state index in [1.165, 1.54) is 11.8 Å². The van der Waals surface area contributed by atoms with Gasteiger partial charge in [0.2, 0.25) is 11.8 Å². The summed E-state index contributed by atoms with van der Waals surface area (Å²) >= 11 is 6.55. The Hall–Kier alpha value is -1.60. The maximum atomic E-state index is 12.2.